The third kappa shape index (κ3) is 4.86. The fourth-order valence-electron chi connectivity index (χ4n) is 2.55. The summed E-state index contributed by atoms with van der Waals surface area (Å²) in [5.74, 6) is 0.0643. The monoisotopic (exact) mass is 290 g/mol. The van der Waals surface area contributed by atoms with Gasteiger partial charge in [-0.3, -0.25) is 9.59 Å². The van der Waals surface area contributed by atoms with Gasteiger partial charge in [0.1, 0.15) is 6.61 Å². The summed E-state index contributed by atoms with van der Waals surface area (Å²) >= 11 is 0. The first kappa shape index (κ1) is 15.5. The van der Waals surface area contributed by atoms with Crippen molar-refractivity contribution >= 4 is 11.8 Å². The summed E-state index contributed by atoms with van der Waals surface area (Å²) in [7, 11) is 1.52. The molecule has 0 unspecified atom stereocenters. The van der Waals surface area contributed by atoms with E-state index in [4.69, 9.17) is 4.74 Å². The van der Waals surface area contributed by atoms with Crippen LogP contribution in [0.1, 0.15) is 18.4 Å². The van der Waals surface area contributed by atoms with Crippen molar-refractivity contribution in [3.8, 4) is 0 Å². The van der Waals surface area contributed by atoms with E-state index in [1.165, 1.54) is 7.11 Å². The number of hydrogen-bond donors (Lipinski definition) is 1. The van der Waals surface area contributed by atoms with E-state index >= 15 is 0 Å². The molecular weight excluding hydrogens is 268 g/mol. The maximum Gasteiger partial charge on any atom is 0.248 e. The molecule has 5 nitrogen and oxygen atoms in total. The van der Waals surface area contributed by atoms with Crippen molar-refractivity contribution in [2.75, 3.05) is 26.8 Å². The molecule has 1 N–H and O–H groups in total. The van der Waals surface area contributed by atoms with E-state index in [1.54, 1.807) is 4.90 Å². The fraction of sp³-hybridized carbons (Fsp3) is 0.500. The van der Waals surface area contributed by atoms with Gasteiger partial charge in [0.05, 0.1) is 6.42 Å². The number of carbonyl (C=O) groups is 2. The summed E-state index contributed by atoms with van der Waals surface area (Å²) in [6.45, 7) is 1.49. The van der Waals surface area contributed by atoms with E-state index in [-0.39, 0.29) is 24.5 Å². The predicted molar refractivity (Wildman–Crippen MR) is 79.8 cm³/mol. The van der Waals surface area contributed by atoms with Crippen LogP contribution in [0.4, 0.5) is 0 Å². The van der Waals surface area contributed by atoms with Gasteiger partial charge in [0.2, 0.25) is 11.8 Å². The van der Waals surface area contributed by atoms with Gasteiger partial charge in [0.25, 0.3) is 0 Å². The zero-order valence-corrected chi connectivity index (χ0v) is 12.4. The van der Waals surface area contributed by atoms with E-state index in [9.17, 15) is 9.59 Å². The second kappa shape index (κ2) is 7.78. The van der Waals surface area contributed by atoms with Crippen LogP contribution in [0.15, 0.2) is 30.3 Å². The molecule has 0 aromatic heterocycles. The Hall–Kier alpha value is -1.88. The summed E-state index contributed by atoms with van der Waals surface area (Å²) < 4.78 is 4.85. The first-order valence-electron chi connectivity index (χ1n) is 7.29. The van der Waals surface area contributed by atoms with Gasteiger partial charge in [0, 0.05) is 26.2 Å². The predicted octanol–water partition coefficient (Wildman–Crippen LogP) is 0.983. The highest BCUT2D eigenvalue weighted by Gasteiger charge is 2.23. The quantitative estimate of drug-likeness (QED) is 0.879. The minimum atomic E-state index is 0.0200. The average Bonchev–Trinajstić information content (AvgIpc) is 2.49. The Morgan fingerprint density at radius 1 is 1.24 bits per heavy atom. The van der Waals surface area contributed by atoms with Gasteiger partial charge in [0.15, 0.2) is 0 Å². The topological polar surface area (TPSA) is 58.6 Å². The molecule has 1 aliphatic rings. The summed E-state index contributed by atoms with van der Waals surface area (Å²) in [6, 6.07) is 9.86. The molecule has 21 heavy (non-hydrogen) atoms. The summed E-state index contributed by atoms with van der Waals surface area (Å²) in [4.78, 5) is 25.5. The minimum Gasteiger partial charge on any atom is -0.375 e. The molecule has 0 atom stereocenters. The van der Waals surface area contributed by atoms with Crippen molar-refractivity contribution < 1.29 is 14.3 Å². The smallest absolute Gasteiger partial charge is 0.248 e. The molecule has 1 saturated heterocycles. The van der Waals surface area contributed by atoms with Crippen molar-refractivity contribution in [1.82, 2.24) is 10.2 Å². The number of ether oxygens (including phenoxy) is 1. The highest BCUT2D eigenvalue weighted by Crippen LogP contribution is 2.11. The first-order chi connectivity index (χ1) is 10.2. The lowest BCUT2D eigenvalue weighted by atomic mass is 10.0. The number of carbonyl (C=O) groups excluding carboxylic acids is 2. The average molecular weight is 290 g/mol. The summed E-state index contributed by atoms with van der Waals surface area (Å²) in [5, 5.41) is 3.05. The number of benzene rings is 1. The van der Waals surface area contributed by atoms with Gasteiger partial charge in [-0.25, -0.2) is 0 Å². The molecular formula is C16H22N2O3. The minimum absolute atomic E-state index is 0.0200. The number of amides is 2. The number of methoxy groups -OCH3 is 1. The van der Waals surface area contributed by atoms with Crippen LogP contribution in [0.2, 0.25) is 0 Å². The van der Waals surface area contributed by atoms with Crippen LogP contribution >= 0.6 is 0 Å². The number of nitrogens with zero attached hydrogens (tertiary/aromatic N) is 1. The number of piperidine rings is 1. The summed E-state index contributed by atoms with van der Waals surface area (Å²) in [5.41, 5.74) is 1.02. The molecule has 1 heterocycles. The van der Waals surface area contributed by atoms with Crippen LogP contribution in [0.25, 0.3) is 0 Å². The van der Waals surface area contributed by atoms with Crippen molar-refractivity contribution in [3.63, 3.8) is 0 Å². The Kier molecular flexibility index (Phi) is 5.75. The van der Waals surface area contributed by atoms with Crippen molar-refractivity contribution in [3.05, 3.63) is 35.9 Å². The number of nitrogens with one attached hydrogen (secondary N) is 1. The van der Waals surface area contributed by atoms with Crippen LogP contribution in [0.5, 0.6) is 0 Å². The Morgan fingerprint density at radius 2 is 1.90 bits per heavy atom. The zero-order chi connectivity index (χ0) is 15.1. The number of hydrogen-bond acceptors (Lipinski definition) is 3. The maximum absolute atomic E-state index is 12.0. The van der Waals surface area contributed by atoms with Gasteiger partial charge in [-0.15, -0.1) is 0 Å². The zero-order valence-electron chi connectivity index (χ0n) is 12.4. The SMILES string of the molecule is COCC(=O)N1CCC(NC(=O)Cc2ccccc2)CC1. The fourth-order valence-corrected chi connectivity index (χ4v) is 2.55. The Morgan fingerprint density at radius 3 is 2.52 bits per heavy atom. The molecule has 5 heteroatoms. The molecule has 0 saturated carbocycles. The number of rotatable bonds is 5. The molecule has 1 aromatic rings. The molecule has 2 amide bonds. The van der Waals surface area contributed by atoms with Crippen LogP contribution in [0.3, 0.4) is 0 Å². The van der Waals surface area contributed by atoms with E-state index in [0.29, 0.717) is 19.5 Å². The third-order valence-corrected chi connectivity index (χ3v) is 3.69. The number of likely N-dealkylation sites (tertiary alicyclic amines) is 1. The first-order valence-corrected chi connectivity index (χ1v) is 7.29. The van der Waals surface area contributed by atoms with Crippen LogP contribution in [0, 0.1) is 0 Å². The lowest BCUT2D eigenvalue weighted by Crippen LogP contribution is -2.47. The maximum atomic E-state index is 12.0. The van der Waals surface area contributed by atoms with Gasteiger partial charge in [-0.1, -0.05) is 30.3 Å². The van der Waals surface area contributed by atoms with E-state index in [1.807, 2.05) is 30.3 Å². The lowest BCUT2D eigenvalue weighted by molar-refractivity contribution is -0.136. The van der Waals surface area contributed by atoms with E-state index < -0.39 is 0 Å². The van der Waals surface area contributed by atoms with Crippen molar-refractivity contribution in [1.29, 1.82) is 0 Å². The molecule has 1 fully saturated rings. The standard InChI is InChI=1S/C16H22N2O3/c1-21-12-16(20)18-9-7-14(8-10-18)17-15(19)11-13-5-3-2-4-6-13/h2-6,14H,7-12H2,1H3,(H,17,19). The Labute approximate surface area is 125 Å². The molecule has 1 aromatic carbocycles. The molecule has 2 rings (SSSR count). The van der Waals surface area contributed by atoms with Gasteiger partial charge in [-0.05, 0) is 18.4 Å². The second-order valence-electron chi connectivity index (χ2n) is 5.32. The lowest BCUT2D eigenvalue weighted by Gasteiger charge is -2.32. The van der Waals surface area contributed by atoms with E-state index in [0.717, 1.165) is 18.4 Å². The van der Waals surface area contributed by atoms with Gasteiger partial charge < -0.3 is 15.0 Å². The Balaban J connectivity index is 1.73. The normalized spacial score (nSPS) is 15.8. The molecule has 1 aliphatic heterocycles. The molecule has 0 spiro atoms. The van der Waals surface area contributed by atoms with Crippen molar-refractivity contribution in [2.45, 2.75) is 25.3 Å². The molecule has 0 radical (unpaired) electrons. The van der Waals surface area contributed by atoms with Crippen LogP contribution in [-0.4, -0.2) is 49.6 Å². The highest BCUT2D eigenvalue weighted by molar-refractivity contribution is 5.79. The second-order valence-corrected chi connectivity index (χ2v) is 5.32. The largest absolute Gasteiger partial charge is 0.375 e. The summed E-state index contributed by atoms with van der Waals surface area (Å²) in [6.07, 6.45) is 2.01. The molecule has 0 bridgehead atoms. The highest BCUT2D eigenvalue weighted by atomic mass is 16.5. The van der Waals surface area contributed by atoms with Crippen LogP contribution < -0.4 is 5.32 Å². The van der Waals surface area contributed by atoms with Gasteiger partial charge >= 0.3 is 0 Å². The van der Waals surface area contributed by atoms with E-state index in [2.05, 4.69) is 5.32 Å². The molecule has 0 aliphatic carbocycles. The third-order valence-electron chi connectivity index (χ3n) is 3.69. The Bertz CT molecular complexity index is 468. The van der Waals surface area contributed by atoms with Crippen molar-refractivity contribution in [2.24, 2.45) is 0 Å². The van der Waals surface area contributed by atoms with Crippen LogP contribution in [-0.2, 0) is 20.7 Å². The van der Waals surface area contributed by atoms with Gasteiger partial charge in [-0.2, -0.15) is 0 Å². The molecule has 114 valence electrons.